The first-order valence-electron chi connectivity index (χ1n) is 13.7. The molecule has 1 aliphatic carbocycles. The van der Waals surface area contributed by atoms with E-state index in [9.17, 15) is 18.0 Å². The van der Waals surface area contributed by atoms with E-state index >= 15 is 0 Å². The molecule has 0 heterocycles. The molecule has 4 rings (SSSR count). The highest BCUT2D eigenvalue weighted by atomic mass is 35.5. The van der Waals surface area contributed by atoms with Gasteiger partial charge >= 0.3 is 0 Å². The van der Waals surface area contributed by atoms with Crippen LogP contribution in [0.3, 0.4) is 0 Å². The summed E-state index contributed by atoms with van der Waals surface area (Å²) in [7, 11) is -4.09. The van der Waals surface area contributed by atoms with Crippen molar-refractivity contribution < 1.29 is 18.0 Å². The first kappa shape index (κ1) is 29.6. The van der Waals surface area contributed by atoms with Crippen LogP contribution in [0.4, 0.5) is 5.69 Å². The molecule has 1 atom stereocenters. The number of amides is 2. The van der Waals surface area contributed by atoms with E-state index in [0.717, 1.165) is 42.0 Å². The molecule has 0 spiro atoms. The number of carbonyl (C=O) groups is 2. The van der Waals surface area contributed by atoms with E-state index in [4.69, 9.17) is 11.6 Å². The first-order chi connectivity index (χ1) is 19.2. The van der Waals surface area contributed by atoms with Gasteiger partial charge in [0, 0.05) is 17.6 Å². The number of nitrogens with zero attached hydrogens (tertiary/aromatic N) is 2. The summed E-state index contributed by atoms with van der Waals surface area (Å²) in [6, 6.07) is 21.5. The smallest absolute Gasteiger partial charge is 0.264 e. The average Bonchev–Trinajstić information content (AvgIpc) is 3.48. The fraction of sp³-hybridized carbons (Fsp3) is 0.355. The third kappa shape index (κ3) is 7.04. The number of hydrogen-bond acceptors (Lipinski definition) is 4. The van der Waals surface area contributed by atoms with Crippen LogP contribution in [0.5, 0.6) is 0 Å². The van der Waals surface area contributed by atoms with Crippen molar-refractivity contribution in [3.63, 3.8) is 0 Å². The summed E-state index contributed by atoms with van der Waals surface area (Å²) in [6.45, 7) is 3.27. The molecular formula is C31H36ClN3O4S. The number of benzene rings is 3. The van der Waals surface area contributed by atoms with Crippen molar-refractivity contribution in [1.29, 1.82) is 0 Å². The molecule has 40 heavy (non-hydrogen) atoms. The van der Waals surface area contributed by atoms with E-state index in [-0.39, 0.29) is 23.4 Å². The van der Waals surface area contributed by atoms with Crippen LogP contribution in [-0.2, 0) is 32.6 Å². The van der Waals surface area contributed by atoms with E-state index in [1.54, 1.807) is 55.5 Å². The van der Waals surface area contributed by atoms with E-state index in [1.165, 1.54) is 17.0 Å². The molecule has 3 aromatic carbocycles. The second-order valence-electron chi connectivity index (χ2n) is 10.1. The predicted molar refractivity (Wildman–Crippen MR) is 159 cm³/mol. The zero-order chi connectivity index (χ0) is 28.7. The van der Waals surface area contributed by atoms with Gasteiger partial charge in [0.2, 0.25) is 11.8 Å². The number of aryl methyl sites for hydroxylation is 1. The van der Waals surface area contributed by atoms with Gasteiger partial charge in [-0.2, -0.15) is 0 Å². The normalized spacial score (nSPS) is 14.5. The van der Waals surface area contributed by atoms with Crippen LogP contribution in [-0.4, -0.2) is 43.8 Å². The SMILES string of the molecule is CCc1ccc(N(CC(=O)N(Cc2ccccc2Cl)[C@@H](C)C(=O)NC2CCCC2)S(=O)(=O)c2ccccc2)cc1. The lowest BCUT2D eigenvalue weighted by molar-refractivity contribution is -0.139. The zero-order valence-corrected chi connectivity index (χ0v) is 24.5. The third-order valence-electron chi connectivity index (χ3n) is 7.41. The molecule has 1 fully saturated rings. The van der Waals surface area contributed by atoms with Gasteiger partial charge in [0.25, 0.3) is 10.0 Å². The maximum Gasteiger partial charge on any atom is 0.264 e. The molecule has 0 unspecified atom stereocenters. The van der Waals surface area contributed by atoms with Gasteiger partial charge in [-0.05, 0) is 67.6 Å². The number of sulfonamides is 1. The standard InChI is InChI=1S/C31H36ClN3O4S/c1-3-24-17-19-27(20-18-24)35(40(38,39)28-14-5-4-6-15-28)22-30(36)34(21-25-11-7-10-16-29(25)32)23(2)31(37)33-26-12-8-9-13-26/h4-7,10-11,14-20,23,26H,3,8-9,12-13,21-22H2,1-2H3,(H,33,37)/t23-/m0/s1. The van der Waals surface area contributed by atoms with Crippen molar-refractivity contribution in [3.8, 4) is 0 Å². The van der Waals surface area contributed by atoms with Crippen molar-refractivity contribution in [1.82, 2.24) is 10.2 Å². The minimum atomic E-state index is -4.09. The second-order valence-corrected chi connectivity index (χ2v) is 12.4. The minimum absolute atomic E-state index is 0.0613. The quantitative estimate of drug-likeness (QED) is 0.320. The van der Waals surface area contributed by atoms with Gasteiger partial charge in [-0.15, -0.1) is 0 Å². The first-order valence-corrected chi connectivity index (χ1v) is 15.5. The Bertz CT molecular complexity index is 1410. The molecule has 1 aliphatic rings. The molecule has 0 aliphatic heterocycles. The monoisotopic (exact) mass is 581 g/mol. The van der Waals surface area contributed by atoms with Crippen LogP contribution in [0.1, 0.15) is 50.7 Å². The number of anilines is 1. The highest BCUT2D eigenvalue weighted by Crippen LogP contribution is 2.26. The van der Waals surface area contributed by atoms with Gasteiger partial charge < -0.3 is 10.2 Å². The molecule has 0 aromatic heterocycles. The molecule has 3 aromatic rings. The van der Waals surface area contributed by atoms with Gasteiger partial charge in [-0.25, -0.2) is 8.42 Å². The lowest BCUT2D eigenvalue weighted by Crippen LogP contribution is -2.52. The van der Waals surface area contributed by atoms with Crippen LogP contribution >= 0.6 is 11.6 Å². The minimum Gasteiger partial charge on any atom is -0.352 e. The molecule has 1 N–H and O–H groups in total. The molecule has 0 bridgehead atoms. The van der Waals surface area contributed by atoms with Crippen molar-refractivity contribution in [2.75, 3.05) is 10.8 Å². The van der Waals surface area contributed by atoms with Gasteiger partial charge in [-0.1, -0.05) is 79.9 Å². The third-order valence-corrected chi connectivity index (χ3v) is 9.57. The van der Waals surface area contributed by atoms with Crippen molar-refractivity contribution >= 4 is 39.1 Å². The molecule has 0 radical (unpaired) electrons. The average molecular weight is 582 g/mol. The lowest BCUT2D eigenvalue weighted by atomic mass is 10.1. The fourth-order valence-electron chi connectivity index (χ4n) is 4.93. The van der Waals surface area contributed by atoms with Gasteiger partial charge in [0.1, 0.15) is 12.6 Å². The molecule has 1 saturated carbocycles. The maximum atomic E-state index is 14.0. The summed E-state index contributed by atoms with van der Waals surface area (Å²) >= 11 is 6.43. The lowest BCUT2D eigenvalue weighted by Gasteiger charge is -2.32. The van der Waals surface area contributed by atoms with E-state index < -0.39 is 28.5 Å². The Balaban J connectivity index is 1.68. The van der Waals surface area contributed by atoms with Crippen LogP contribution in [0.2, 0.25) is 5.02 Å². The predicted octanol–water partition coefficient (Wildman–Crippen LogP) is 5.57. The van der Waals surface area contributed by atoms with Crippen LogP contribution in [0, 0.1) is 0 Å². The van der Waals surface area contributed by atoms with Gasteiger partial charge in [0.15, 0.2) is 0 Å². The second kappa shape index (κ2) is 13.3. The van der Waals surface area contributed by atoms with E-state index in [0.29, 0.717) is 16.3 Å². The zero-order valence-electron chi connectivity index (χ0n) is 22.9. The van der Waals surface area contributed by atoms with Gasteiger partial charge in [0.05, 0.1) is 10.6 Å². The Morgan fingerprint density at radius 1 is 0.950 bits per heavy atom. The van der Waals surface area contributed by atoms with Crippen molar-refractivity contribution in [3.05, 3.63) is 95.0 Å². The fourth-order valence-corrected chi connectivity index (χ4v) is 6.56. The van der Waals surface area contributed by atoms with E-state index in [1.807, 2.05) is 25.1 Å². The Morgan fingerprint density at radius 2 is 1.57 bits per heavy atom. The summed E-state index contributed by atoms with van der Waals surface area (Å²) in [5, 5.41) is 3.54. The summed E-state index contributed by atoms with van der Waals surface area (Å²) in [6.07, 6.45) is 4.74. The Hall–Kier alpha value is -3.36. The van der Waals surface area contributed by atoms with Crippen molar-refractivity contribution in [2.45, 2.75) is 69.5 Å². The largest absolute Gasteiger partial charge is 0.352 e. The molecule has 9 heteroatoms. The molecule has 212 valence electrons. The van der Waals surface area contributed by atoms with Crippen LogP contribution < -0.4 is 9.62 Å². The summed E-state index contributed by atoms with van der Waals surface area (Å²) in [5.74, 6) is -0.773. The number of halogens is 1. The Morgan fingerprint density at radius 3 is 2.20 bits per heavy atom. The molecule has 2 amide bonds. The van der Waals surface area contributed by atoms with Crippen LogP contribution in [0.15, 0.2) is 83.8 Å². The van der Waals surface area contributed by atoms with Crippen molar-refractivity contribution in [2.24, 2.45) is 0 Å². The Kier molecular flexibility index (Phi) is 9.87. The number of nitrogens with one attached hydrogen (secondary N) is 1. The van der Waals surface area contributed by atoms with E-state index in [2.05, 4.69) is 5.32 Å². The maximum absolute atomic E-state index is 14.0. The number of hydrogen-bond donors (Lipinski definition) is 1. The number of carbonyl (C=O) groups excluding carboxylic acids is 2. The summed E-state index contributed by atoms with van der Waals surface area (Å²) < 4.78 is 28.8. The Labute approximate surface area is 242 Å². The van der Waals surface area contributed by atoms with Gasteiger partial charge in [-0.3, -0.25) is 13.9 Å². The highest BCUT2D eigenvalue weighted by molar-refractivity contribution is 7.92. The topological polar surface area (TPSA) is 86.8 Å². The summed E-state index contributed by atoms with van der Waals surface area (Å²) in [4.78, 5) is 28.8. The highest BCUT2D eigenvalue weighted by Gasteiger charge is 2.33. The molecular weight excluding hydrogens is 546 g/mol. The van der Waals surface area contributed by atoms with Crippen LogP contribution in [0.25, 0.3) is 0 Å². The summed E-state index contributed by atoms with van der Waals surface area (Å²) in [5.41, 5.74) is 2.09. The molecule has 7 nitrogen and oxygen atoms in total. The number of rotatable bonds is 11. The molecule has 0 saturated heterocycles.